The van der Waals surface area contributed by atoms with Gasteiger partial charge in [0, 0.05) is 12.2 Å². The molecule has 2 heterocycles. The van der Waals surface area contributed by atoms with Crippen LogP contribution in [0.4, 0.5) is 24.5 Å². The Morgan fingerprint density at radius 2 is 1.79 bits per heavy atom. The molecule has 0 aliphatic carbocycles. The van der Waals surface area contributed by atoms with Gasteiger partial charge in [0.25, 0.3) is 5.91 Å². The highest BCUT2D eigenvalue weighted by molar-refractivity contribution is 7.80. The maximum absolute atomic E-state index is 13.7. The third kappa shape index (κ3) is 6.00. The van der Waals surface area contributed by atoms with E-state index in [1.165, 1.54) is 41.3 Å². The lowest BCUT2D eigenvalue weighted by molar-refractivity contribution is -0.137. The van der Waals surface area contributed by atoms with Gasteiger partial charge in [0.05, 0.1) is 29.8 Å². The van der Waals surface area contributed by atoms with Gasteiger partial charge in [-0.05, 0) is 79.3 Å². The third-order valence-corrected chi connectivity index (χ3v) is 7.02. The van der Waals surface area contributed by atoms with E-state index >= 15 is 0 Å². The molecule has 0 radical (unpaired) electrons. The summed E-state index contributed by atoms with van der Waals surface area (Å²) in [5.74, 6) is -0.641. The Labute approximate surface area is 243 Å². The number of hydrogen-bond acceptors (Lipinski definition) is 7. The number of amides is 2. The Morgan fingerprint density at radius 1 is 1.05 bits per heavy atom. The van der Waals surface area contributed by atoms with Crippen molar-refractivity contribution < 1.29 is 41.8 Å². The molecule has 0 bridgehead atoms. The van der Waals surface area contributed by atoms with Crippen molar-refractivity contribution in [3.8, 4) is 11.5 Å². The summed E-state index contributed by atoms with van der Waals surface area (Å²) >= 11 is 5.59. The fraction of sp³-hybridized carbons (Fsp3) is 0.241. The minimum atomic E-state index is -4.63. The number of alkyl halides is 3. The van der Waals surface area contributed by atoms with Crippen molar-refractivity contribution in [3.05, 3.63) is 83.4 Å². The van der Waals surface area contributed by atoms with Crippen LogP contribution in [-0.2, 0) is 27.0 Å². The number of nitrogens with zero attached hydrogens (tertiary/aromatic N) is 2. The number of halogens is 3. The predicted molar refractivity (Wildman–Crippen MR) is 149 cm³/mol. The molecule has 42 heavy (non-hydrogen) atoms. The van der Waals surface area contributed by atoms with Crippen molar-refractivity contribution in [1.29, 1.82) is 0 Å². The minimum Gasteiger partial charge on any atom is -0.462 e. The van der Waals surface area contributed by atoms with Gasteiger partial charge in [0.1, 0.15) is 6.04 Å². The maximum atomic E-state index is 13.7. The highest BCUT2D eigenvalue weighted by atomic mass is 32.1. The number of carbonyl (C=O) groups is 3. The normalized spacial score (nSPS) is 16.1. The van der Waals surface area contributed by atoms with Crippen LogP contribution >= 0.6 is 12.2 Å². The molecular formula is C29H24F3N3O6S. The van der Waals surface area contributed by atoms with Crippen molar-refractivity contribution in [1.82, 2.24) is 4.90 Å². The van der Waals surface area contributed by atoms with Gasteiger partial charge in [0.15, 0.2) is 16.6 Å². The lowest BCUT2D eigenvalue weighted by Crippen LogP contribution is -2.37. The summed E-state index contributed by atoms with van der Waals surface area (Å²) in [6, 6.07) is 14.3. The van der Waals surface area contributed by atoms with Crippen LogP contribution in [0, 0.1) is 0 Å². The summed E-state index contributed by atoms with van der Waals surface area (Å²) in [7, 11) is 0. The molecule has 1 fully saturated rings. The highest BCUT2D eigenvalue weighted by Gasteiger charge is 2.45. The van der Waals surface area contributed by atoms with Gasteiger partial charge in [-0.2, -0.15) is 13.2 Å². The van der Waals surface area contributed by atoms with E-state index in [2.05, 4.69) is 5.32 Å². The molecule has 0 aromatic heterocycles. The van der Waals surface area contributed by atoms with E-state index in [4.69, 9.17) is 26.4 Å². The number of esters is 1. The number of nitrogens with one attached hydrogen (secondary N) is 1. The molecule has 0 saturated carbocycles. The number of carbonyl (C=O) groups excluding carboxylic acids is 3. The SMILES string of the molecule is CCOC(=O)c1ccc(NC(=O)CC2C(=O)N(c3cccc(C(F)(F)F)c3)C(=S)N2Cc2ccc3c(c2)OCO3)cc1. The molecule has 1 atom stereocenters. The van der Waals surface area contributed by atoms with E-state index in [-0.39, 0.29) is 37.2 Å². The molecule has 3 aromatic rings. The molecule has 3 aromatic carbocycles. The molecule has 5 rings (SSSR count). The first-order chi connectivity index (χ1) is 20.0. The van der Waals surface area contributed by atoms with Gasteiger partial charge in [0.2, 0.25) is 12.7 Å². The average molecular weight is 600 g/mol. The quantitative estimate of drug-likeness (QED) is 0.281. The fourth-order valence-corrected chi connectivity index (χ4v) is 4.99. The lowest BCUT2D eigenvalue weighted by atomic mass is 10.1. The molecule has 9 nitrogen and oxygen atoms in total. The molecule has 1 saturated heterocycles. The number of anilines is 2. The summed E-state index contributed by atoms with van der Waals surface area (Å²) in [5.41, 5.74) is 0.356. The van der Waals surface area contributed by atoms with Gasteiger partial charge in [-0.15, -0.1) is 0 Å². The molecule has 2 aliphatic heterocycles. The molecule has 13 heteroatoms. The zero-order valence-electron chi connectivity index (χ0n) is 22.1. The summed E-state index contributed by atoms with van der Waals surface area (Å²) in [4.78, 5) is 41.2. The van der Waals surface area contributed by atoms with Crippen LogP contribution < -0.4 is 19.7 Å². The fourth-order valence-electron chi connectivity index (χ4n) is 4.60. The number of rotatable bonds is 8. The Morgan fingerprint density at radius 3 is 2.50 bits per heavy atom. The number of ether oxygens (including phenoxy) is 3. The van der Waals surface area contributed by atoms with E-state index in [0.717, 1.165) is 17.0 Å². The van der Waals surface area contributed by atoms with Gasteiger partial charge < -0.3 is 24.4 Å². The van der Waals surface area contributed by atoms with Crippen LogP contribution in [0.5, 0.6) is 11.5 Å². The maximum Gasteiger partial charge on any atom is 0.416 e. The summed E-state index contributed by atoms with van der Waals surface area (Å²) in [6.45, 7) is 2.04. The van der Waals surface area contributed by atoms with Gasteiger partial charge >= 0.3 is 12.1 Å². The summed E-state index contributed by atoms with van der Waals surface area (Å²) in [5, 5.41) is 2.64. The van der Waals surface area contributed by atoms with E-state index in [1.54, 1.807) is 25.1 Å². The van der Waals surface area contributed by atoms with Crippen molar-refractivity contribution in [3.63, 3.8) is 0 Å². The van der Waals surface area contributed by atoms with Gasteiger partial charge in [-0.25, -0.2) is 4.79 Å². The molecule has 218 valence electrons. The largest absolute Gasteiger partial charge is 0.462 e. The Hall–Kier alpha value is -4.65. The van der Waals surface area contributed by atoms with Crippen molar-refractivity contribution in [2.75, 3.05) is 23.6 Å². The van der Waals surface area contributed by atoms with Crippen LogP contribution in [0.3, 0.4) is 0 Å². The van der Waals surface area contributed by atoms with Crippen LogP contribution in [0.25, 0.3) is 0 Å². The van der Waals surface area contributed by atoms with Gasteiger partial charge in [-0.3, -0.25) is 14.5 Å². The average Bonchev–Trinajstić information content (AvgIpc) is 3.51. The molecule has 2 amide bonds. The molecular weight excluding hydrogens is 575 g/mol. The third-order valence-electron chi connectivity index (χ3n) is 6.60. The zero-order chi connectivity index (χ0) is 30.0. The zero-order valence-corrected chi connectivity index (χ0v) is 23.0. The van der Waals surface area contributed by atoms with Crippen molar-refractivity contribution in [2.24, 2.45) is 0 Å². The van der Waals surface area contributed by atoms with Crippen LogP contribution in [-0.4, -0.2) is 47.2 Å². The topological polar surface area (TPSA) is 97.4 Å². The number of benzene rings is 3. The van der Waals surface area contributed by atoms with E-state index in [1.807, 2.05) is 0 Å². The van der Waals surface area contributed by atoms with E-state index < -0.39 is 35.6 Å². The predicted octanol–water partition coefficient (Wildman–Crippen LogP) is 5.14. The van der Waals surface area contributed by atoms with Crippen LogP contribution in [0.2, 0.25) is 0 Å². The first-order valence-electron chi connectivity index (χ1n) is 12.8. The summed E-state index contributed by atoms with van der Waals surface area (Å²) in [6.07, 6.45) is -4.98. The van der Waals surface area contributed by atoms with E-state index in [9.17, 15) is 27.6 Å². The second-order valence-corrected chi connectivity index (χ2v) is 9.75. The number of thiocarbonyl (C=S) groups is 1. The highest BCUT2D eigenvalue weighted by Crippen LogP contribution is 2.36. The first kappa shape index (κ1) is 28.9. The Bertz CT molecular complexity index is 1550. The molecule has 1 N–H and O–H groups in total. The molecule has 1 unspecified atom stereocenters. The summed E-state index contributed by atoms with van der Waals surface area (Å²) < 4.78 is 56.0. The Balaban J connectivity index is 1.40. The molecule has 2 aliphatic rings. The molecule has 0 spiro atoms. The first-order valence-corrected chi connectivity index (χ1v) is 13.2. The second-order valence-electron chi connectivity index (χ2n) is 9.39. The number of fused-ring (bicyclic) bond motifs is 1. The Kier molecular flexibility index (Phi) is 8.03. The smallest absolute Gasteiger partial charge is 0.416 e. The lowest BCUT2D eigenvalue weighted by Gasteiger charge is -2.24. The second kappa shape index (κ2) is 11.7. The van der Waals surface area contributed by atoms with Crippen molar-refractivity contribution in [2.45, 2.75) is 32.1 Å². The van der Waals surface area contributed by atoms with Gasteiger partial charge in [-0.1, -0.05) is 12.1 Å². The van der Waals surface area contributed by atoms with E-state index in [0.29, 0.717) is 28.3 Å². The van der Waals surface area contributed by atoms with Crippen molar-refractivity contribution >= 4 is 46.5 Å². The number of hydrogen-bond donors (Lipinski definition) is 1. The monoisotopic (exact) mass is 599 g/mol. The minimum absolute atomic E-state index is 0.0476. The standard InChI is InChI=1S/C29H24F3N3O6S/c1-2-39-27(38)18-7-9-20(10-8-18)33-25(36)14-22-26(37)35(21-5-3-4-19(13-21)29(30,31)32)28(42)34(22)15-17-6-11-23-24(12-17)41-16-40-23/h3-13,22H,2,14-16H2,1H3,(H,33,36). The van der Waals surface area contributed by atoms with Crippen LogP contribution in [0.1, 0.15) is 34.8 Å². The van der Waals surface area contributed by atoms with Crippen LogP contribution in [0.15, 0.2) is 66.7 Å².